The topological polar surface area (TPSA) is 52.6 Å². The van der Waals surface area contributed by atoms with Crippen molar-refractivity contribution in [2.24, 2.45) is 0 Å². The van der Waals surface area contributed by atoms with Crippen molar-refractivity contribution in [1.29, 1.82) is 0 Å². The van der Waals surface area contributed by atoms with E-state index in [4.69, 9.17) is 32.7 Å². The van der Waals surface area contributed by atoms with Gasteiger partial charge >= 0.3 is 11.9 Å². The molecule has 6 heteroatoms. The lowest BCUT2D eigenvalue weighted by atomic mass is 10.1. The van der Waals surface area contributed by atoms with Gasteiger partial charge in [0.1, 0.15) is 0 Å². The highest BCUT2D eigenvalue weighted by atomic mass is 35.5. The second-order valence-corrected chi connectivity index (χ2v) is 9.31. The van der Waals surface area contributed by atoms with Crippen molar-refractivity contribution in [1.82, 2.24) is 0 Å². The fourth-order valence-corrected chi connectivity index (χ4v) is 4.24. The number of carbonyl (C=O) groups excluding carboxylic acids is 2. The second kappa shape index (κ2) is 12.6. The van der Waals surface area contributed by atoms with Crippen LogP contribution in [0.25, 0.3) is 11.5 Å². The molecule has 0 bridgehead atoms. The number of aryl methyl sites for hydroxylation is 2. The quantitative estimate of drug-likeness (QED) is 0.126. The van der Waals surface area contributed by atoms with Crippen molar-refractivity contribution >= 4 is 46.7 Å². The smallest absolute Gasteiger partial charge is 0.343 e. The third kappa shape index (κ3) is 6.34. The zero-order chi connectivity index (χ0) is 27.1. The van der Waals surface area contributed by atoms with E-state index in [9.17, 15) is 9.59 Å². The molecule has 4 rings (SSSR count). The number of hydrogen-bond acceptors (Lipinski definition) is 4. The van der Waals surface area contributed by atoms with Crippen LogP contribution in [-0.4, -0.2) is 11.9 Å². The standard InChI is InChI=1S/C32H26Cl2O4/c1-3-21-13-17-23(18-14-21)31(35)37-29(25-9-5-7-11-27(25)33)30(26-10-6-8-12-28(26)34)38-32(36)24-19-15-22(4-2)16-20-24/h5-20H,3-4H2,1-2H3. The summed E-state index contributed by atoms with van der Waals surface area (Å²) in [4.78, 5) is 26.6. The molecule has 0 aliphatic heterocycles. The van der Waals surface area contributed by atoms with Crippen LogP contribution in [0.5, 0.6) is 0 Å². The van der Waals surface area contributed by atoms with Crippen LogP contribution in [0.15, 0.2) is 97.1 Å². The minimum atomic E-state index is -0.629. The first-order chi connectivity index (χ1) is 18.4. The van der Waals surface area contributed by atoms with Gasteiger partial charge in [0.05, 0.1) is 21.2 Å². The number of hydrogen-bond donors (Lipinski definition) is 0. The summed E-state index contributed by atoms with van der Waals surface area (Å²) in [7, 11) is 0. The Hall–Kier alpha value is -3.86. The van der Waals surface area contributed by atoms with Gasteiger partial charge in [0, 0.05) is 11.1 Å². The average molecular weight is 545 g/mol. The molecule has 0 radical (unpaired) electrons. The van der Waals surface area contributed by atoms with Crippen molar-refractivity contribution in [2.45, 2.75) is 26.7 Å². The summed E-state index contributed by atoms with van der Waals surface area (Å²) in [5.74, 6) is -1.30. The van der Waals surface area contributed by atoms with Crippen molar-refractivity contribution in [2.75, 3.05) is 0 Å². The van der Waals surface area contributed by atoms with E-state index in [0.29, 0.717) is 32.3 Å². The zero-order valence-electron chi connectivity index (χ0n) is 21.0. The molecule has 0 aromatic heterocycles. The Labute approximate surface area is 232 Å². The lowest BCUT2D eigenvalue weighted by Gasteiger charge is -2.18. The largest absolute Gasteiger partial charge is 0.418 e. The molecule has 0 saturated heterocycles. The molecule has 4 aromatic rings. The average Bonchev–Trinajstić information content (AvgIpc) is 2.95. The fraction of sp³-hybridized carbons (Fsp3) is 0.125. The highest BCUT2D eigenvalue weighted by Crippen LogP contribution is 2.36. The fourth-order valence-electron chi connectivity index (χ4n) is 3.79. The lowest BCUT2D eigenvalue weighted by Crippen LogP contribution is -2.11. The van der Waals surface area contributed by atoms with E-state index < -0.39 is 11.9 Å². The predicted molar refractivity (Wildman–Crippen MR) is 152 cm³/mol. The highest BCUT2D eigenvalue weighted by molar-refractivity contribution is 6.33. The van der Waals surface area contributed by atoms with Gasteiger partial charge in [-0.15, -0.1) is 0 Å². The third-order valence-electron chi connectivity index (χ3n) is 6.03. The van der Waals surface area contributed by atoms with Gasteiger partial charge in [-0.05, 0) is 72.5 Å². The Morgan fingerprint density at radius 3 is 1.21 bits per heavy atom. The molecule has 38 heavy (non-hydrogen) atoms. The van der Waals surface area contributed by atoms with E-state index in [1.165, 1.54) is 0 Å². The van der Waals surface area contributed by atoms with Gasteiger partial charge in [0.15, 0.2) is 11.5 Å². The Kier molecular flexibility index (Phi) is 9.01. The minimum Gasteiger partial charge on any atom is -0.418 e. The summed E-state index contributed by atoms with van der Waals surface area (Å²) in [6, 6.07) is 28.0. The molecule has 0 heterocycles. The van der Waals surface area contributed by atoms with Gasteiger partial charge in [-0.25, -0.2) is 9.59 Å². The summed E-state index contributed by atoms with van der Waals surface area (Å²) in [5, 5.41) is 0.620. The SMILES string of the molecule is CCc1ccc(C(=O)OC(=C(OC(=O)c2ccc(CC)cc2)c2ccccc2Cl)c2ccccc2Cl)cc1. The monoisotopic (exact) mass is 544 g/mol. The summed E-state index contributed by atoms with van der Waals surface area (Å²) in [6.07, 6.45) is 1.68. The van der Waals surface area contributed by atoms with Crippen molar-refractivity contribution in [3.8, 4) is 0 Å². The molecular formula is C32H26Cl2O4. The molecule has 0 unspecified atom stereocenters. The van der Waals surface area contributed by atoms with Gasteiger partial charge < -0.3 is 9.47 Å². The molecule has 192 valence electrons. The van der Waals surface area contributed by atoms with Crippen LogP contribution < -0.4 is 0 Å². The van der Waals surface area contributed by atoms with Crippen LogP contribution in [0.4, 0.5) is 0 Å². The summed E-state index contributed by atoms with van der Waals surface area (Å²) in [6.45, 7) is 4.07. The molecule has 0 aliphatic carbocycles. The molecule has 4 nitrogen and oxygen atoms in total. The summed E-state index contributed by atoms with van der Waals surface area (Å²) < 4.78 is 11.9. The molecule has 0 atom stereocenters. The van der Waals surface area contributed by atoms with Gasteiger partial charge in [-0.3, -0.25) is 0 Å². The highest BCUT2D eigenvalue weighted by Gasteiger charge is 2.25. The Morgan fingerprint density at radius 1 is 0.553 bits per heavy atom. The van der Waals surface area contributed by atoms with Crippen molar-refractivity contribution in [3.63, 3.8) is 0 Å². The van der Waals surface area contributed by atoms with Crippen LogP contribution in [0.2, 0.25) is 10.0 Å². The number of halogens is 2. The normalized spacial score (nSPS) is 11.5. The molecule has 0 saturated carbocycles. The molecule has 0 fully saturated rings. The van der Waals surface area contributed by atoms with Crippen LogP contribution >= 0.6 is 23.2 Å². The van der Waals surface area contributed by atoms with Gasteiger partial charge in [-0.2, -0.15) is 0 Å². The maximum absolute atomic E-state index is 13.3. The molecule has 0 N–H and O–H groups in total. The van der Waals surface area contributed by atoms with Gasteiger partial charge in [-0.1, -0.05) is 85.6 Å². The first-order valence-corrected chi connectivity index (χ1v) is 13.0. The van der Waals surface area contributed by atoms with E-state index in [0.717, 1.165) is 24.0 Å². The number of carbonyl (C=O) groups is 2. The third-order valence-corrected chi connectivity index (χ3v) is 6.69. The summed E-state index contributed by atoms with van der Waals surface area (Å²) >= 11 is 13.1. The number of esters is 2. The Morgan fingerprint density at radius 2 is 0.895 bits per heavy atom. The Bertz CT molecular complexity index is 1360. The van der Waals surface area contributed by atoms with Crippen molar-refractivity contribution < 1.29 is 19.1 Å². The molecule has 0 amide bonds. The van der Waals surface area contributed by atoms with Crippen LogP contribution in [0, 0.1) is 0 Å². The van der Waals surface area contributed by atoms with E-state index in [2.05, 4.69) is 0 Å². The maximum Gasteiger partial charge on any atom is 0.343 e. The van der Waals surface area contributed by atoms with Gasteiger partial charge in [0.25, 0.3) is 0 Å². The lowest BCUT2D eigenvalue weighted by molar-refractivity contribution is 0.0647. The Balaban J connectivity index is 1.86. The number of rotatable bonds is 8. The predicted octanol–water partition coefficient (Wildman–Crippen LogP) is 8.66. The minimum absolute atomic E-state index is 0.0215. The van der Waals surface area contributed by atoms with Gasteiger partial charge in [0.2, 0.25) is 0 Å². The van der Waals surface area contributed by atoms with Crippen LogP contribution in [-0.2, 0) is 22.3 Å². The molecule has 0 aliphatic rings. The number of ether oxygens (including phenoxy) is 2. The first kappa shape index (κ1) is 27.2. The van der Waals surface area contributed by atoms with E-state index >= 15 is 0 Å². The van der Waals surface area contributed by atoms with Crippen LogP contribution in [0.1, 0.15) is 56.8 Å². The number of benzene rings is 4. The van der Waals surface area contributed by atoms with E-state index in [1.807, 2.05) is 38.1 Å². The maximum atomic E-state index is 13.3. The van der Waals surface area contributed by atoms with Crippen molar-refractivity contribution in [3.05, 3.63) is 140 Å². The van der Waals surface area contributed by atoms with Crippen LogP contribution in [0.3, 0.4) is 0 Å². The van der Waals surface area contributed by atoms with E-state index in [-0.39, 0.29) is 11.5 Å². The second-order valence-electron chi connectivity index (χ2n) is 8.50. The summed E-state index contributed by atoms with van der Waals surface area (Å²) in [5.41, 5.74) is 3.60. The first-order valence-electron chi connectivity index (χ1n) is 12.3. The molecule has 4 aromatic carbocycles. The van der Waals surface area contributed by atoms with E-state index in [1.54, 1.807) is 72.8 Å². The molecule has 0 spiro atoms. The molecular weight excluding hydrogens is 519 g/mol. The zero-order valence-corrected chi connectivity index (χ0v) is 22.6.